The second-order valence-electron chi connectivity index (χ2n) is 3.39. The molecule has 0 saturated heterocycles. The summed E-state index contributed by atoms with van der Waals surface area (Å²) in [5.41, 5.74) is 0. The van der Waals surface area contributed by atoms with Crippen LogP contribution in [0.2, 0.25) is 0 Å². The molecule has 0 rings (SSSR count). The number of hydrogen-bond donors (Lipinski definition) is 0. The molecular weight excluding hydrogens is 191 g/mol. The van der Waals surface area contributed by atoms with Gasteiger partial charge in [-0.2, -0.15) is 0 Å². The Morgan fingerprint density at radius 3 is 1.42 bits per heavy atom. The van der Waals surface area contributed by atoms with Gasteiger partial charge in [-0.3, -0.25) is 0 Å². The first-order valence-electron chi connectivity index (χ1n) is 4.81. The van der Waals surface area contributed by atoms with Gasteiger partial charge in [0.1, 0.15) is 0 Å². The maximum Gasteiger partial charge on any atom is -0.0443 e. The number of halogens is 2. The van der Waals surface area contributed by atoms with Crippen molar-refractivity contribution in [2.24, 2.45) is 5.92 Å². The third-order valence-electron chi connectivity index (χ3n) is 2.10. The zero-order chi connectivity index (χ0) is 7.82. The molecule has 0 aliphatic rings. The van der Waals surface area contributed by atoms with Gasteiger partial charge >= 0.3 is 0 Å². The summed E-state index contributed by atoms with van der Waals surface area (Å²) in [6.07, 6.45) is 8.44. The van der Waals surface area contributed by atoms with Gasteiger partial charge in [-0.15, -0.1) is 24.8 Å². The fourth-order valence-corrected chi connectivity index (χ4v) is 1.25. The summed E-state index contributed by atoms with van der Waals surface area (Å²) in [5.74, 6) is 0.972. The molecule has 12 heavy (non-hydrogen) atoms. The van der Waals surface area contributed by atoms with Crippen LogP contribution in [0.4, 0.5) is 0 Å². The van der Waals surface area contributed by atoms with E-state index in [0.717, 1.165) is 5.92 Å². The van der Waals surface area contributed by atoms with E-state index in [1.165, 1.54) is 38.5 Å². The molecule has 0 saturated carbocycles. The summed E-state index contributed by atoms with van der Waals surface area (Å²) in [5, 5.41) is 0. The van der Waals surface area contributed by atoms with Crippen molar-refractivity contribution in [3.63, 3.8) is 0 Å². The van der Waals surface area contributed by atoms with Crippen molar-refractivity contribution >= 4 is 24.8 Å². The highest BCUT2D eigenvalue weighted by Gasteiger charge is 1.98. The molecule has 0 spiro atoms. The van der Waals surface area contributed by atoms with E-state index in [0.29, 0.717) is 0 Å². The second-order valence-corrected chi connectivity index (χ2v) is 3.39. The Kier molecular flexibility index (Phi) is 21.6. The highest BCUT2D eigenvalue weighted by Crippen LogP contribution is 2.14. The Morgan fingerprint density at radius 1 is 0.833 bits per heavy atom. The molecule has 0 N–H and O–H groups in total. The smallest absolute Gasteiger partial charge is 0.0443 e. The molecule has 0 aromatic heterocycles. The number of rotatable bonds is 6. The lowest BCUT2D eigenvalue weighted by Gasteiger charge is -2.08. The van der Waals surface area contributed by atoms with E-state index < -0.39 is 0 Å². The molecule has 0 atom stereocenters. The van der Waals surface area contributed by atoms with Crippen LogP contribution in [0, 0.1) is 5.92 Å². The molecule has 0 amide bonds. The van der Waals surface area contributed by atoms with Crippen molar-refractivity contribution in [2.45, 2.75) is 59.3 Å². The third kappa shape index (κ3) is 13.2. The van der Waals surface area contributed by atoms with E-state index >= 15 is 0 Å². The molecule has 0 aromatic carbocycles. The minimum Gasteiger partial charge on any atom is -0.147 e. The Balaban J connectivity index is -0.000000405. The Hall–Kier alpha value is 0.580. The van der Waals surface area contributed by atoms with E-state index in [9.17, 15) is 0 Å². The van der Waals surface area contributed by atoms with Crippen LogP contribution in [0.5, 0.6) is 0 Å². The topological polar surface area (TPSA) is 0 Å². The largest absolute Gasteiger partial charge is 0.147 e. The van der Waals surface area contributed by atoms with E-state index in [4.69, 9.17) is 0 Å². The van der Waals surface area contributed by atoms with Crippen molar-refractivity contribution in [1.82, 2.24) is 0 Å². The predicted molar refractivity (Wildman–Crippen MR) is 62.7 cm³/mol. The maximum atomic E-state index is 2.38. The third-order valence-corrected chi connectivity index (χ3v) is 2.10. The van der Waals surface area contributed by atoms with E-state index in [1.807, 2.05) is 0 Å². The molecule has 2 heteroatoms. The van der Waals surface area contributed by atoms with Gasteiger partial charge < -0.3 is 0 Å². The van der Waals surface area contributed by atoms with E-state index in [-0.39, 0.29) is 24.8 Å². The van der Waals surface area contributed by atoms with Crippen LogP contribution in [0.1, 0.15) is 59.3 Å². The molecular formula is C10H24Cl2. The summed E-state index contributed by atoms with van der Waals surface area (Å²) < 4.78 is 0. The molecule has 0 heterocycles. The molecule has 0 aliphatic heterocycles. The van der Waals surface area contributed by atoms with Crippen molar-refractivity contribution in [3.8, 4) is 0 Å². The van der Waals surface area contributed by atoms with Gasteiger partial charge in [-0.1, -0.05) is 59.3 Å². The quantitative estimate of drug-likeness (QED) is 0.594. The average molecular weight is 215 g/mol. The van der Waals surface area contributed by atoms with Crippen molar-refractivity contribution in [3.05, 3.63) is 0 Å². The number of hydrogen-bond acceptors (Lipinski definition) is 0. The molecule has 0 fully saturated rings. The summed E-state index contributed by atoms with van der Waals surface area (Å²) in [7, 11) is 0. The molecule has 78 valence electrons. The van der Waals surface area contributed by atoms with Gasteiger partial charge in [0.15, 0.2) is 0 Å². The molecule has 0 aromatic rings. The summed E-state index contributed by atoms with van der Waals surface area (Å²) >= 11 is 0. The lowest BCUT2D eigenvalue weighted by atomic mass is 9.98. The number of unbranched alkanes of at least 4 members (excludes halogenated alkanes) is 2. The van der Waals surface area contributed by atoms with Gasteiger partial charge in [0, 0.05) is 0 Å². The summed E-state index contributed by atoms with van der Waals surface area (Å²) in [6.45, 7) is 6.92. The Bertz CT molecular complexity index is 56.9. The molecule has 0 radical (unpaired) electrons. The summed E-state index contributed by atoms with van der Waals surface area (Å²) in [4.78, 5) is 0. The van der Waals surface area contributed by atoms with Gasteiger partial charge in [0.05, 0.1) is 0 Å². The van der Waals surface area contributed by atoms with Crippen molar-refractivity contribution in [1.29, 1.82) is 0 Å². The van der Waals surface area contributed by atoms with Crippen LogP contribution in [0.3, 0.4) is 0 Å². The Labute approximate surface area is 90.3 Å². The van der Waals surface area contributed by atoms with Crippen LogP contribution < -0.4 is 0 Å². The standard InChI is InChI=1S/C10H22.2ClH/c1-4-6-8-10(3)9-7-5-2;;/h10H,4-9H2,1-3H3;2*1H. The minimum absolute atomic E-state index is 0. The monoisotopic (exact) mass is 214 g/mol. The normalized spacial score (nSPS) is 9.00. The minimum atomic E-state index is 0. The molecule has 0 nitrogen and oxygen atoms in total. The van der Waals surface area contributed by atoms with Crippen molar-refractivity contribution < 1.29 is 0 Å². The lowest BCUT2D eigenvalue weighted by Crippen LogP contribution is -1.93. The first-order valence-corrected chi connectivity index (χ1v) is 4.81. The average Bonchev–Trinajstić information content (AvgIpc) is 1.97. The van der Waals surface area contributed by atoms with Crippen LogP contribution >= 0.6 is 24.8 Å². The first kappa shape index (κ1) is 18.4. The molecule has 0 bridgehead atoms. The zero-order valence-corrected chi connectivity index (χ0v) is 10.3. The van der Waals surface area contributed by atoms with E-state index in [1.54, 1.807) is 0 Å². The molecule has 0 unspecified atom stereocenters. The van der Waals surface area contributed by atoms with Gasteiger partial charge in [-0.05, 0) is 5.92 Å². The lowest BCUT2D eigenvalue weighted by molar-refractivity contribution is 0.454. The predicted octanol–water partition coefficient (Wildman–Crippen LogP) is 4.85. The van der Waals surface area contributed by atoms with E-state index in [2.05, 4.69) is 20.8 Å². The summed E-state index contributed by atoms with van der Waals surface area (Å²) in [6, 6.07) is 0. The fraction of sp³-hybridized carbons (Fsp3) is 1.00. The van der Waals surface area contributed by atoms with Crippen LogP contribution in [0.15, 0.2) is 0 Å². The first-order chi connectivity index (χ1) is 4.81. The fourth-order valence-electron chi connectivity index (χ4n) is 1.25. The Morgan fingerprint density at radius 2 is 1.17 bits per heavy atom. The van der Waals surface area contributed by atoms with Gasteiger partial charge in [0.2, 0.25) is 0 Å². The van der Waals surface area contributed by atoms with Crippen LogP contribution in [0.25, 0.3) is 0 Å². The van der Waals surface area contributed by atoms with Crippen LogP contribution in [-0.4, -0.2) is 0 Å². The van der Waals surface area contributed by atoms with Gasteiger partial charge in [0.25, 0.3) is 0 Å². The second kappa shape index (κ2) is 14.1. The van der Waals surface area contributed by atoms with Gasteiger partial charge in [-0.25, -0.2) is 0 Å². The highest BCUT2D eigenvalue weighted by atomic mass is 35.5. The SMILES string of the molecule is CCCCC(C)CCCC.Cl.Cl. The zero-order valence-electron chi connectivity index (χ0n) is 8.64. The van der Waals surface area contributed by atoms with Crippen molar-refractivity contribution in [2.75, 3.05) is 0 Å². The van der Waals surface area contributed by atoms with Crippen LogP contribution in [-0.2, 0) is 0 Å². The molecule has 0 aliphatic carbocycles. The highest BCUT2D eigenvalue weighted by molar-refractivity contribution is 5.85. The maximum absolute atomic E-state index is 2.38.